The van der Waals surface area contributed by atoms with Gasteiger partial charge in [-0.25, -0.2) is 0 Å². The van der Waals surface area contributed by atoms with Crippen LogP contribution in [0.4, 0.5) is 5.69 Å². The third-order valence-corrected chi connectivity index (χ3v) is 6.91. The summed E-state index contributed by atoms with van der Waals surface area (Å²) in [5.74, 6) is 1.99. The molecule has 0 bridgehead atoms. The van der Waals surface area contributed by atoms with Crippen molar-refractivity contribution in [2.24, 2.45) is 5.92 Å². The zero-order chi connectivity index (χ0) is 24.1. The van der Waals surface area contributed by atoms with Crippen molar-refractivity contribution in [3.05, 3.63) is 87.9 Å². The molecule has 0 radical (unpaired) electrons. The van der Waals surface area contributed by atoms with Gasteiger partial charge in [0.25, 0.3) is 0 Å². The van der Waals surface area contributed by atoms with Gasteiger partial charge in [-0.2, -0.15) is 0 Å². The molecule has 1 aliphatic heterocycles. The van der Waals surface area contributed by atoms with Crippen molar-refractivity contribution >= 4 is 34.8 Å². The summed E-state index contributed by atoms with van der Waals surface area (Å²) in [7, 11) is 0. The number of hydrogen-bond donors (Lipinski definition) is 1. The molecule has 6 heteroatoms. The third-order valence-electron chi connectivity index (χ3n) is 6.17. The lowest BCUT2D eigenvalue weighted by atomic mass is 9.89. The van der Waals surface area contributed by atoms with Gasteiger partial charge >= 0.3 is 0 Å². The maximum atomic E-state index is 12.0. The van der Waals surface area contributed by atoms with Gasteiger partial charge in [0.2, 0.25) is 5.91 Å². The molecule has 1 fully saturated rings. The van der Waals surface area contributed by atoms with Crippen LogP contribution in [-0.4, -0.2) is 23.9 Å². The molecule has 34 heavy (non-hydrogen) atoms. The summed E-state index contributed by atoms with van der Waals surface area (Å²) in [4.78, 5) is 14.5. The number of likely N-dealkylation sites (tertiary alicyclic amines) is 1. The average Bonchev–Trinajstić information content (AvgIpc) is 2.82. The molecule has 0 aliphatic carbocycles. The molecule has 3 aromatic carbocycles. The number of anilines is 1. The van der Waals surface area contributed by atoms with Crippen LogP contribution in [0.5, 0.6) is 11.5 Å². The lowest BCUT2D eigenvalue weighted by molar-refractivity contribution is -0.118. The van der Waals surface area contributed by atoms with Gasteiger partial charge in [-0.15, -0.1) is 0 Å². The van der Waals surface area contributed by atoms with Gasteiger partial charge in [-0.3, -0.25) is 9.69 Å². The second-order valence-corrected chi connectivity index (χ2v) is 9.96. The minimum atomic E-state index is -0.0280. The fourth-order valence-electron chi connectivity index (χ4n) is 4.22. The van der Waals surface area contributed by atoms with Gasteiger partial charge in [0, 0.05) is 24.2 Å². The molecule has 0 aromatic heterocycles. The predicted molar refractivity (Wildman–Crippen MR) is 140 cm³/mol. The van der Waals surface area contributed by atoms with Gasteiger partial charge < -0.3 is 10.1 Å². The quantitative estimate of drug-likeness (QED) is 0.363. The molecule has 3 aromatic rings. The predicted octanol–water partition coefficient (Wildman–Crippen LogP) is 7.76. The van der Waals surface area contributed by atoms with Crippen LogP contribution < -0.4 is 10.1 Å². The summed E-state index contributed by atoms with van der Waals surface area (Å²) < 4.78 is 5.98. The van der Waals surface area contributed by atoms with Gasteiger partial charge in [0.05, 0.1) is 10.0 Å². The Morgan fingerprint density at radius 2 is 1.71 bits per heavy atom. The zero-order valence-electron chi connectivity index (χ0n) is 19.6. The third kappa shape index (κ3) is 6.53. The van der Waals surface area contributed by atoms with Gasteiger partial charge in [0.1, 0.15) is 11.5 Å². The number of amides is 1. The zero-order valence-corrected chi connectivity index (χ0v) is 21.1. The van der Waals surface area contributed by atoms with Gasteiger partial charge in [-0.1, -0.05) is 61.3 Å². The Balaban J connectivity index is 1.32. The average molecular weight is 497 g/mol. The molecule has 1 N–H and O–H groups in total. The molecule has 1 amide bonds. The number of benzene rings is 3. The standard InChI is InChI=1S/C28H30Cl2N2O2/c1-19(2)28(33)31-23-7-4-6-22(16-23)21-11-13-32(14-12-21)18-20-5-3-8-24(15-20)34-25-9-10-26(29)27(30)17-25/h3-10,15-17,19,21H,11-14,18H2,1-2H3,(H,31,33). The van der Waals surface area contributed by atoms with E-state index in [1.54, 1.807) is 12.1 Å². The highest BCUT2D eigenvalue weighted by Crippen LogP contribution is 2.32. The number of carbonyl (C=O) groups excluding carboxylic acids is 1. The summed E-state index contributed by atoms with van der Waals surface area (Å²) in [5.41, 5.74) is 3.41. The first kappa shape index (κ1) is 24.6. The lowest BCUT2D eigenvalue weighted by Gasteiger charge is -2.32. The van der Waals surface area contributed by atoms with E-state index in [0.29, 0.717) is 21.7 Å². The van der Waals surface area contributed by atoms with Crippen LogP contribution in [0.3, 0.4) is 0 Å². The van der Waals surface area contributed by atoms with E-state index >= 15 is 0 Å². The fourth-order valence-corrected chi connectivity index (χ4v) is 4.51. The summed E-state index contributed by atoms with van der Waals surface area (Å²) in [5, 5.41) is 4.01. The van der Waals surface area contributed by atoms with Crippen LogP contribution in [-0.2, 0) is 11.3 Å². The molecular weight excluding hydrogens is 467 g/mol. The Morgan fingerprint density at radius 1 is 0.971 bits per heavy atom. The van der Waals surface area contributed by atoms with Crippen LogP contribution in [0.1, 0.15) is 43.7 Å². The van der Waals surface area contributed by atoms with Crippen molar-refractivity contribution in [3.63, 3.8) is 0 Å². The van der Waals surface area contributed by atoms with Crippen LogP contribution >= 0.6 is 23.2 Å². The van der Waals surface area contributed by atoms with Crippen LogP contribution in [0.25, 0.3) is 0 Å². The second kappa shape index (κ2) is 11.3. The lowest BCUT2D eigenvalue weighted by Crippen LogP contribution is -2.32. The highest BCUT2D eigenvalue weighted by Gasteiger charge is 2.21. The summed E-state index contributed by atoms with van der Waals surface area (Å²) >= 11 is 12.1. The van der Waals surface area contributed by atoms with Crippen LogP contribution in [0.2, 0.25) is 10.0 Å². The van der Waals surface area contributed by atoms with E-state index in [9.17, 15) is 4.79 Å². The normalized spacial score (nSPS) is 14.9. The van der Waals surface area contributed by atoms with E-state index in [4.69, 9.17) is 27.9 Å². The molecular formula is C28H30Cl2N2O2. The highest BCUT2D eigenvalue weighted by atomic mass is 35.5. The second-order valence-electron chi connectivity index (χ2n) is 9.15. The molecule has 0 saturated carbocycles. The Morgan fingerprint density at radius 3 is 2.44 bits per heavy atom. The van der Waals surface area contributed by atoms with Gasteiger partial charge in [0.15, 0.2) is 0 Å². The Kier molecular flexibility index (Phi) is 8.15. The van der Waals surface area contributed by atoms with E-state index in [1.165, 1.54) is 11.1 Å². The number of hydrogen-bond acceptors (Lipinski definition) is 3. The number of halogens is 2. The number of ether oxygens (including phenoxy) is 1. The molecule has 178 valence electrons. The first-order valence-electron chi connectivity index (χ1n) is 11.7. The Bertz CT molecular complexity index is 1140. The van der Waals surface area contributed by atoms with E-state index < -0.39 is 0 Å². The van der Waals surface area contributed by atoms with E-state index in [0.717, 1.165) is 43.9 Å². The van der Waals surface area contributed by atoms with Crippen molar-refractivity contribution < 1.29 is 9.53 Å². The maximum Gasteiger partial charge on any atom is 0.226 e. The summed E-state index contributed by atoms with van der Waals surface area (Å²) in [6.07, 6.45) is 2.20. The smallest absolute Gasteiger partial charge is 0.226 e. The number of nitrogens with one attached hydrogen (secondary N) is 1. The molecule has 0 atom stereocenters. The largest absolute Gasteiger partial charge is 0.457 e. The number of piperidine rings is 1. The van der Waals surface area contributed by atoms with Crippen molar-refractivity contribution in [3.8, 4) is 11.5 Å². The van der Waals surface area contributed by atoms with E-state index in [-0.39, 0.29) is 11.8 Å². The minimum absolute atomic E-state index is 0.0280. The number of rotatable bonds is 7. The highest BCUT2D eigenvalue weighted by molar-refractivity contribution is 6.42. The van der Waals surface area contributed by atoms with Gasteiger partial charge in [-0.05, 0) is 79.4 Å². The maximum absolute atomic E-state index is 12.0. The Labute approximate surface area is 211 Å². The topological polar surface area (TPSA) is 41.6 Å². The monoisotopic (exact) mass is 496 g/mol. The first-order chi connectivity index (χ1) is 16.4. The van der Waals surface area contributed by atoms with Crippen molar-refractivity contribution in [1.82, 2.24) is 4.90 Å². The van der Waals surface area contributed by atoms with E-state index in [1.807, 2.05) is 44.2 Å². The minimum Gasteiger partial charge on any atom is -0.457 e. The molecule has 4 rings (SSSR count). The SMILES string of the molecule is CC(C)C(=O)Nc1cccc(C2CCN(Cc3cccc(Oc4ccc(Cl)c(Cl)c4)c3)CC2)c1. The van der Waals surface area contributed by atoms with Crippen molar-refractivity contribution in [2.45, 2.75) is 39.2 Å². The fraction of sp³-hybridized carbons (Fsp3) is 0.321. The summed E-state index contributed by atoms with van der Waals surface area (Å²) in [6.45, 7) is 6.76. The summed E-state index contributed by atoms with van der Waals surface area (Å²) in [6, 6.07) is 21.8. The Hall–Kier alpha value is -2.53. The number of carbonyl (C=O) groups is 1. The molecule has 1 heterocycles. The molecule has 4 nitrogen and oxygen atoms in total. The first-order valence-corrected chi connectivity index (χ1v) is 12.5. The molecule has 0 unspecified atom stereocenters. The van der Waals surface area contributed by atoms with Crippen LogP contribution in [0.15, 0.2) is 66.7 Å². The van der Waals surface area contributed by atoms with E-state index in [2.05, 4.69) is 34.5 Å². The molecule has 0 spiro atoms. The molecule has 1 aliphatic rings. The number of nitrogens with zero attached hydrogens (tertiary/aromatic N) is 1. The van der Waals surface area contributed by atoms with Crippen molar-refractivity contribution in [1.29, 1.82) is 0 Å². The molecule has 1 saturated heterocycles. The van der Waals surface area contributed by atoms with Crippen LogP contribution in [0, 0.1) is 5.92 Å². The van der Waals surface area contributed by atoms with Crippen molar-refractivity contribution in [2.75, 3.05) is 18.4 Å².